The van der Waals surface area contributed by atoms with E-state index in [-0.39, 0.29) is 0 Å². The monoisotopic (exact) mass is 845 g/mol. The highest BCUT2D eigenvalue weighted by Gasteiger charge is 2.46. The van der Waals surface area contributed by atoms with Gasteiger partial charge in [-0.15, -0.1) is 11.3 Å². The third-order valence-corrected chi connectivity index (χ3v) is 15.3. The molecule has 1 nitrogen and oxygen atoms in total. The van der Waals surface area contributed by atoms with E-state index in [2.05, 4.69) is 248 Å². The zero-order valence-electron chi connectivity index (χ0n) is 35.7. The lowest BCUT2D eigenvalue weighted by Crippen LogP contribution is -2.28. The summed E-state index contributed by atoms with van der Waals surface area (Å²) in [4.78, 5) is 2.43. The Kier molecular flexibility index (Phi) is 8.82. The molecular weight excluding hydrogens is 803 g/mol. The molecule has 306 valence electrons. The van der Waals surface area contributed by atoms with Gasteiger partial charge >= 0.3 is 0 Å². The predicted octanol–water partition coefficient (Wildman–Crippen LogP) is 17.1. The van der Waals surface area contributed by atoms with Gasteiger partial charge in [0.05, 0.1) is 5.41 Å². The number of rotatable bonds is 7. The fourth-order valence-corrected chi connectivity index (χ4v) is 12.4. The van der Waals surface area contributed by atoms with E-state index in [4.69, 9.17) is 0 Å². The smallest absolute Gasteiger partial charge is 0.0714 e. The highest BCUT2D eigenvalue weighted by molar-refractivity contribution is 7.26. The van der Waals surface area contributed by atoms with Gasteiger partial charge in [-0.25, -0.2) is 0 Å². The van der Waals surface area contributed by atoms with Crippen LogP contribution in [0.15, 0.2) is 237 Å². The Balaban J connectivity index is 0.922. The molecule has 0 radical (unpaired) electrons. The van der Waals surface area contributed by atoms with E-state index in [0.29, 0.717) is 5.92 Å². The number of benzene rings is 9. The maximum Gasteiger partial charge on any atom is 0.0714 e. The van der Waals surface area contributed by atoms with Crippen LogP contribution in [0.4, 0.5) is 17.1 Å². The molecule has 0 bridgehead atoms. The normalized spacial score (nSPS) is 15.4. The van der Waals surface area contributed by atoms with Gasteiger partial charge in [-0.3, -0.25) is 0 Å². The second-order valence-corrected chi connectivity index (χ2v) is 18.6. The number of hydrogen-bond acceptors (Lipinski definition) is 2. The number of nitrogens with zero attached hydrogens (tertiary/aromatic N) is 1. The molecule has 0 N–H and O–H groups in total. The third-order valence-electron chi connectivity index (χ3n) is 14.1. The first-order valence-corrected chi connectivity index (χ1v) is 23.5. The molecule has 3 aliphatic carbocycles. The van der Waals surface area contributed by atoms with Gasteiger partial charge in [-0.2, -0.15) is 0 Å². The number of hydrogen-bond donors (Lipinski definition) is 0. The Bertz CT molecular complexity index is 3510. The summed E-state index contributed by atoms with van der Waals surface area (Å²) in [6.07, 6.45) is 10.5. The average Bonchev–Trinajstić information content (AvgIpc) is 3.91. The maximum absolute atomic E-state index is 2.43. The summed E-state index contributed by atoms with van der Waals surface area (Å²) in [5.74, 6) is 0.336. The minimum absolute atomic E-state index is 0.336. The Labute approximate surface area is 384 Å². The summed E-state index contributed by atoms with van der Waals surface area (Å²) in [6, 6.07) is 80.8. The second-order valence-electron chi connectivity index (χ2n) is 17.5. The predicted molar refractivity (Wildman–Crippen MR) is 276 cm³/mol. The van der Waals surface area contributed by atoms with Crippen molar-refractivity contribution in [2.45, 2.75) is 11.8 Å². The van der Waals surface area contributed by atoms with E-state index < -0.39 is 5.41 Å². The molecule has 1 unspecified atom stereocenters. The lowest BCUT2D eigenvalue weighted by molar-refractivity contribution is 0.768. The summed E-state index contributed by atoms with van der Waals surface area (Å²) >= 11 is 1.93. The molecule has 0 amide bonds. The molecule has 1 heterocycles. The average molecular weight is 846 g/mol. The van der Waals surface area contributed by atoms with Crippen LogP contribution in [0.2, 0.25) is 0 Å². The van der Waals surface area contributed by atoms with Gasteiger partial charge in [0.2, 0.25) is 0 Å². The molecule has 0 fully saturated rings. The summed E-state index contributed by atoms with van der Waals surface area (Å²) in [7, 11) is 0. The van der Waals surface area contributed by atoms with Gasteiger partial charge in [0.25, 0.3) is 0 Å². The van der Waals surface area contributed by atoms with E-state index >= 15 is 0 Å². The maximum atomic E-state index is 2.43. The van der Waals surface area contributed by atoms with Crippen molar-refractivity contribution in [3.63, 3.8) is 0 Å². The van der Waals surface area contributed by atoms with Crippen LogP contribution in [0.5, 0.6) is 0 Å². The minimum atomic E-state index is -0.492. The zero-order chi connectivity index (χ0) is 42.9. The summed E-state index contributed by atoms with van der Waals surface area (Å²) in [5.41, 5.74) is 19.8. The molecule has 10 aromatic rings. The zero-order valence-corrected chi connectivity index (χ0v) is 36.6. The van der Waals surface area contributed by atoms with Crippen molar-refractivity contribution < 1.29 is 0 Å². The molecule has 13 rings (SSSR count). The van der Waals surface area contributed by atoms with Gasteiger partial charge < -0.3 is 4.90 Å². The van der Waals surface area contributed by atoms with Crippen LogP contribution in [0.25, 0.3) is 59.6 Å². The lowest BCUT2D eigenvalue weighted by Gasteiger charge is -2.35. The fourth-order valence-electron chi connectivity index (χ4n) is 11.1. The van der Waals surface area contributed by atoms with E-state index in [1.165, 1.54) is 92.5 Å². The third kappa shape index (κ3) is 5.98. The minimum Gasteiger partial charge on any atom is -0.310 e. The molecule has 2 heteroatoms. The first kappa shape index (κ1) is 37.7. The first-order chi connectivity index (χ1) is 32.2. The van der Waals surface area contributed by atoms with Crippen LogP contribution in [-0.2, 0) is 5.41 Å². The van der Waals surface area contributed by atoms with Crippen LogP contribution in [0, 0.1) is 5.92 Å². The van der Waals surface area contributed by atoms with Crippen molar-refractivity contribution in [3.8, 4) is 22.3 Å². The summed E-state index contributed by atoms with van der Waals surface area (Å²) in [6.45, 7) is 0. The summed E-state index contributed by atoms with van der Waals surface area (Å²) in [5, 5.41) is 2.72. The largest absolute Gasteiger partial charge is 0.310 e. The van der Waals surface area contributed by atoms with Crippen molar-refractivity contribution in [1.29, 1.82) is 0 Å². The fraction of sp³-hybridized carbons (Fsp3) is 0.0476. The Morgan fingerprint density at radius 2 is 1.08 bits per heavy atom. The van der Waals surface area contributed by atoms with Gasteiger partial charge in [0, 0.05) is 48.7 Å². The quantitative estimate of drug-likeness (QED) is 0.154. The Morgan fingerprint density at radius 1 is 0.462 bits per heavy atom. The molecule has 1 atom stereocenters. The topological polar surface area (TPSA) is 3.24 Å². The van der Waals surface area contributed by atoms with Crippen molar-refractivity contribution in [2.24, 2.45) is 5.92 Å². The number of thiophene rings is 1. The van der Waals surface area contributed by atoms with Gasteiger partial charge in [-0.05, 0) is 116 Å². The van der Waals surface area contributed by atoms with Crippen LogP contribution in [-0.4, -0.2) is 0 Å². The van der Waals surface area contributed by atoms with Crippen LogP contribution in [0.3, 0.4) is 0 Å². The van der Waals surface area contributed by atoms with E-state index in [1.807, 2.05) is 11.3 Å². The first-order valence-electron chi connectivity index (χ1n) is 22.7. The highest BCUT2D eigenvalue weighted by Crippen LogP contribution is 2.57. The standard InChI is InChI=1S/C63H43NS/c1-3-14-42(15-4-1)43-28-34-50(35-29-43)64(52-19-13-18-49(41-52)63(48-16-5-2-6-17-48)58-23-10-7-20-54(58)55-21-8-11-24-59(55)63)51-36-30-44(31-37-51)46-33-38-53-47(40-46)27-26-45-32-39-57-56-22-9-12-25-60(56)65-62(57)61(45)53/h1-39,41,47H,40H2. The SMILES string of the molecule is C1=CC2CC(c3ccc(N(c4ccc(-c5ccccc5)cc4)c4cccc(C5(c6ccccc6)c6ccccc6-c6ccccc65)c4)cc3)=CC=C2c2c1ccc1c2sc2ccccc21. The van der Waals surface area contributed by atoms with Crippen LogP contribution >= 0.6 is 11.3 Å². The number of allylic oxidation sites excluding steroid dienone is 5. The number of anilines is 3. The number of fused-ring (bicyclic) bond motifs is 10. The highest BCUT2D eigenvalue weighted by atomic mass is 32.1. The van der Waals surface area contributed by atoms with Crippen molar-refractivity contribution in [1.82, 2.24) is 0 Å². The molecule has 0 aliphatic heterocycles. The van der Waals surface area contributed by atoms with Crippen LogP contribution < -0.4 is 4.90 Å². The van der Waals surface area contributed by atoms with Gasteiger partial charge in [0.1, 0.15) is 0 Å². The summed E-state index contributed by atoms with van der Waals surface area (Å²) < 4.78 is 2.76. The molecule has 9 aromatic carbocycles. The molecule has 65 heavy (non-hydrogen) atoms. The van der Waals surface area contributed by atoms with Crippen molar-refractivity contribution in [2.75, 3.05) is 4.90 Å². The van der Waals surface area contributed by atoms with Gasteiger partial charge in [-0.1, -0.05) is 200 Å². The van der Waals surface area contributed by atoms with Crippen LogP contribution in [0.1, 0.15) is 45.4 Å². The Morgan fingerprint density at radius 3 is 1.82 bits per heavy atom. The molecule has 0 saturated heterocycles. The molecule has 0 saturated carbocycles. The van der Waals surface area contributed by atoms with Crippen molar-refractivity contribution in [3.05, 3.63) is 276 Å². The second kappa shape index (κ2) is 15.2. The van der Waals surface area contributed by atoms with E-state index in [9.17, 15) is 0 Å². The van der Waals surface area contributed by atoms with E-state index in [0.717, 1.165) is 23.5 Å². The molecule has 3 aliphatic rings. The molecular formula is C63H43NS. The lowest BCUT2D eigenvalue weighted by atomic mass is 9.67. The Hall–Kier alpha value is -7.78. The van der Waals surface area contributed by atoms with E-state index in [1.54, 1.807) is 0 Å². The molecule has 1 aromatic heterocycles. The van der Waals surface area contributed by atoms with Gasteiger partial charge in [0.15, 0.2) is 0 Å². The molecule has 0 spiro atoms. The van der Waals surface area contributed by atoms with Crippen molar-refractivity contribution >= 4 is 65.8 Å².